The maximum Gasteiger partial charge on any atom is 0.472 e. The molecule has 0 bridgehead atoms. The largest absolute Gasteiger partial charge is 0.472 e. The maximum atomic E-state index is 13.0. The van der Waals surface area contributed by atoms with Crippen LogP contribution in [0.25, 0.3) is 0 Å². The van der Waals surface area contributed by atoms with Crippen LogP contribution in [0, 0.1) is 0 Å². The molecule has 0 aliphatic rings. The van der Waals surface area contributed by atoms with Crippen LogP contribution < -0.4 is 0 Å². The Balaban J connectivity index is 4.71. The van der Waals surface area contributed by atoms with Gasteiger partial charge < -0.3 is 34.2 Å². The van der Waals surface area contributed by atoms with E-state index in [1.54, 1.807) is 0 Å². The topological polar surface area (TPSA) is 231 Å². The fourth-order valence-electron chi connectivity index (χ4n) is 11.0. The van der Waals surface area contributed by atoms with Crippen LogP contribution in [0.1, 0.15) is 329 Å². The summed E-state index contributed by atoms with van der Waals surface area (Å²) in [6, 6.07) is 0. The van der Waals surface area contributed by atoms with Gasteiger partial charge in [0.2, 0.25) is 0 Å². The minimum atomic E-state index is -4.95. The number of aliphatic hydroxyl groups excluding tert-OH is 2. The molecule has 0 aliphatic heterocycles. The van der Waals surface area contributed by atoms with E-state index in [9.17, 15) is 43.5 Å². The lowest BCUT2D eigenvalue weighted by Crippen LogP contribution is -2.30. The molecule has 5 atom stereocenters. The van der Waals surface area contributed by atoms with Crippen molar-refractivity contribution < 1.29 is 75.8 Å². The van der Waals surface area contributed by atoms with E-state index in [0.717, 1.165) is 173 Å². The first-order valence-electron chi connectivity index (χ1n) is 42.4. The Labute approximate surface area is 662 Å². The van der Waals surface area contributed by atoms with Gasteiger partial charge >= 0.3 is 33.6 Å². The van der Waals surface area contributed by atoms with Crippen LogP contribution in [0.15, 0.2) is 170 Å². The molecule has 0 aromatic rings. The number of unbranched alkanes of at least 4 members (excludes halogenated alkanes) is 28. The van der Waals surface area contributed by atoms with Gasteiger partial charge in [-0.25, -0.2) is 9.13 Å². The molecule has 0 aromatic carbocycles. The van der Waals surface area contributed by atoms with Crippen molar-refractivity contribution in [3.63, 3.8) is 0 Å². The van der Waals surface area contributed by atoms with Crippen LogP contribution in [0.3, 0.4) is 0 Å². The number of allylic oxidation sites excluding steroid dienone is 28. The van der Waals surface area contributed by atoms with Gasteiger partial charge in [0.25, 0.3) is 0 Å². The predicted octanol–water partition coefficient (Wildman–Crippen LogP) is 25.5. The van der Waals surface area contributed by atoms with Gasteiger partial charge in [0.15, 0.2) is 6.10 Å². The molecule has 0 aromatic heterocycles. The van der Waals surface area contributed by atoms with Crippen LogP contribution in [0.4, 0.5) is 0 Å². The highest BCUT2D eigenvalue weighted by molar-refractivity contribution is 7.47. The summed E-state index contributed by atoms with van der Waals surface area (Å²) in [5.41, 5.74) is 0. The third-order valence-electron chi connectivity index (χ3n) is 17.4. The summed E-state index contributed by atoms with van der Waals surface area (Å²) in [7, 11) is -9.82. The van der Waals surface area contributed by atoms with Gasteiger partial charge in [0.1, 0.15) is 25.4 Å². The summed E-state index contributed by atoms with van der Waals surface area (Å²) >= 11 is 0. The number of ether oxygens (including phenoxy) is 3. The first kappa shape index (κ1) is 104. The van der Waals surface area contributed by atoms with Crippen LogP contribution in [0.2, 0.25) is 0 Å². The molecule has 16 nitrogen and oxygen atoms in total. The third-order valence-corrected chi connectivity index (χ3v) is 19.3. The van der Waals surface area contributed by atoms with Crippen molar-refractivity contribution in [3.05, 3.63) is 170 Å². The maximum absolute atomic E-state index is 13.0. The van der Waals surface area contributed by atoms with E-state index in [2.05, 4.69) is 191 Å². The van der Waals surface area contributed by atoms with Gasteiger partial charge in [0.05, 0.1) is 26.4 Å². The zero-order valence-corrected chi connectivity index (χ0v) is 70.0. The molecule has 0 aliphatic carbocycles. The van der Waals surface area contributed by atoms with E-state index in [-0.39, 0.29) is 19.3 Å². The summed E-state index contributed by atoms with van der Waals surface area (Å²) in [6.07, 6.45) is 105. The normalized spacial score (nSPS) is 14.7. The van der Waals surface area contributed by atoms with Crippen LogP contribution in [0.5, 0.6) is 0 Å². The first-order valence-corrected chi connectivity index (χ1v) is 45.4. The lowest BCUT2D eigenvalue weighted by Gasteiger charge is -2.21. The van der Waals surface area contributed by atoms with Crippen molar-refractivity contribution in [2.75, 3.05) is 39.6 Å². The van der Waals surface area contributed by atoms with Crippen molar-refractivity contribution >= 4 is 33.6 Å². The number of aliphatic hydroxyl groups is 2. The fourth-order valence-corrected chi connectivity index (χ4v) is 12.5. The minimum Gasteiger partial charge on any atom is -0.463 e. The van der Waals surface area contributed by atoms with Crippen molar-refractivity contribution in [2.24, 2.45) is 0 Å². The molecular formula is C91H152O16P2. The molecule has 0 rings (SSSR count). The quantitative estimate of drug-likeness (QED) is 0.0146. The Morgan fingerprint density at radius 1 is 0.266 bits per heavy atom. The average Bonchev–Trinajstić information content (AvgIpc) is 0.919. The van der Waals surface area contributed by atoms with Crippen LogP contribution in [-0.2, 0) is 55.8 Å². The Bertz CT molecular complexity index is 2660. The summed E-state index contributed by atoms with van der Waals surface area (Å²) in [4.78, 5) is 58.9. The van der Waals surface area contributed by atoms with E-state index >= 15 is 0 Å². The highest BCUT2D eigenvalue weighted by Gasteiger charge is 2.29. The molecule has 0 amide bonds. The van der Waals surface area contributed by atoms with E-state index in [4.69, 9.17) is 32.3 Å². The molecule has 0 saturated heterocycles. The second kappa shape index (κ2) is 82.4. The average molecular weight is 1560 g/mol. The van der Waals surface area contributed by atoms with Gasteiger partial charge in [0, 0.05) is 19.3 Å². The van der Waals surface area contributed by atoms with Crippen molar-refractivity contribution in [1.82, 2.24) is 0 Å². The second-order valence-corrected chi connectivity index (χ2v) is 30.8. The number of rotatable bonds is 79. The summed E-state index contributed by atoms with van der Waals surface area (Å²) in [6.45, 7) is 2.48. The zero-order chi connectivity index (χ0) is 79.4. The predicted molar refractivity (Wildman–Crippen MR) is 454 cm³/mol. The smallest absolute Gasteiger partial charge is 0.463 e. The standard InChI is InChI=1S/C91H152O16P2/c1-4-7-10-13-16-19-22-25-28-31-34-37-40-41-42-43-46-48-50-53-56-59-62-65-68-71-74-77-89(94)101-80-86(92)81-103-108(97,98)104-82-87(93)83-105-109(99,100)106-85-88(107-91(96)79-76-73-70-67-64-61-58-55-52-49-45-39-36-33-30-27-24-21-18-15-12-9-6-3)84-102-90(95)78-75-72-69-66-63-60-57-54-51-47-44-38-35-32-29-26-23-20-17-14-11-8-5-2/h8,11,16-21,25-30,34-39,41-42,47,49,51-52,57,60,86-88,92-93H,4-7,9-10,12-15,22-24,31-33,40,43-46,48,50,53-56,58-59,61-85H2,1-3H3,(H,97,98)(H,99,100)/b11-8-,19-16-,20-17-,21-18-,28-25-,29-26-,30-27-,37-34-,38-35-,39-36-,42-41-,51-47-,52-49-,60-57-. The molecular weight excluding hydrogens is 1410 g/mol. The molecule has 0 saturated carbocycles. The first-order chi connectivity index (χ1) is 53.2. The highest BCUT2D eigenvalue weighted by Crippen LogP contribution is 2.45. The van der Waals surface area contributed by atoms with Crippen molar-refractivity contribution in [2.45, 2.75) is 347 Å². The van der Waals surface area contributed by atoms with Crippen molar-refractivity contribution in [3.8, 4) is 0 Å². The Hall–Kier alpha value is -5.09. The molecule has 5 unspecified atom stereocenters. The molecule has 109 heavy (non-hydrogen) atoms. The molecule has 18 heteroatoms. The fraction of sp³-hybridized carbons (Fsp3) is 0.659. The van der Waals surface area contributed by atoms with E-state index < -0.39 is 91.5 Å². The lowest BCUT2D eigenvalue weighted by atomic mass is 10.0. The van der Waals surface area contributed by atoms with Crippen LogP contribution in [-0.4, -0.2) is 95.9 Å². The SMILES string of the molecule is CC/C=C\C/C=C\C/C=C\C/C=C\C/C=C\C/C=C\CCCCCCC(=O)OCC(COP(=O)(O)OCC(O)COP(=O)(O)OCC(O)COC(=O)CCCCCCCCCCCCC/C=C\C/C=C\C/C=C\C/C=C\CCCCC)OC(=O)CCCCCCCCC/C=C\C/C=C\C/C=C\C/C=C\CCCCC. The van der Waals surface area contributed by atoms with E-state index in [1.165, 1.54) is 96.3 Å². The number of carbonyl (C=O) groups excluding carboxylic acids is 3. The van der Waals surface area contributed by atoms with Crippen molar-refractivity contribution in [1.29, 1.82) is 0 Å². The molecule has 4 N–H and O–H groups in total. The number of phosphoric acid groups is 2. The number of esters is 3. The lowest BCUT2D eigenvalue weighted by molar-refractivity contribution is -0.161. The molecule has 622 valence electrons. The minimum absolute atomic E-state index is 0.0797. The van der Waals surface area contributed by atoms with Gasteiger partial charge in [-0.1, -0.05) is 319 Å². The Kier molecular flexibility index (Phi) is 78.5. The monoisotopic (exact) mass is 1560 g/mol. The zero-order valence-electron chi connectivity index (χ0n) is 68.2. The molecule has 0 spiro atoms. The number of hydrogen-bond acceptors (Lipinski definition) is 14. The number of phosphoric ester groups is 2. The van der Waals surface area contributed by atoms with Gasteiger partial charge in [-0.2, -0.15) is 0 Å². The molecule has 0 fully saturated rings. The second-order valence-electron chi connectivity index (χ2n) is 27.9. The number of hydrogen-bond donors (Lipinski definition) is 4. The third kappa shape index (κ3) is 83.7. The Morgan fingerprint density at radius 3 is 0.771 bits per heavy atom. The summed E-state index contributed by atoms with van der Waals surface area (Å²) in [5.74, 6) is -1.62. The Morgan fingerprint density at radius 2 is 0.486 bits per heavy atom. The van der Waals surface area contributed by atoms with E-state index in [1.807, 2.05) is 0 Å². The van der Waals surface area contributed by atoms with Crippen LogP contribution >= 0.6 is 15.6 Å². The highest BCUT2D eigenvalue weighted by atomic mass is 31.2. The molecule has 0 radical (unpaired) electrons. The van der Waals surface area contributed by atoms with Gasteiger partial charge in [-0.05, 0) is 161 Å². The number of carbonyl (C=O) groups is 3. The van der Waals surface area contributed by atoms with Gasteiger partial charge in [-0.15, -0.1) is 0 Å². The van der Waals surface area contributed by atoms with Gasteiger partial charge in [-0.3, -0.25) is 32.5 Å². The van der Waals surface area contributed by atoms with E-state index in [0.29, 0.717) is 19.3 Å². The summed E-state index contributed by atoms with van der Waals surface area (Å²) < 4.78 is 61.3. The summed E-state index contributed by atoms with van der Waals surface area (Å²) in [5, 5.41) is 20.7. The molecule has 0 heterocycles.